The Morgan fingerprint density at radius 3 is 1.21 bits per heavy atom. The molecule has 194 valence electrons. The van der Waals surface area contributed by atoms with Crippen LogP contribution >= 0.6 is 0 Å². The lowest BCUT2D eigenvalue weighted by Gasteiger charge is -2.21. The maximum absolute atomic E-state index is 13.4. The molecule has 0 saturated heterocycles. The highest BCUT2D eigenvalue weighted by molar-refractivity contribution is 6.25. The maximum Gasteiger partial charge on any atom is 0.338 e. The third kappa shape index (κ3) is 5.81. The molecule has 0 bridgehead atoms. The van der Waals surface area contributed by atoms with Crippen molar-refractivity contribution in [3.63, 3.8) is 0 Å². The van der Waals surface area contributed by atoms with Gasteiger partial charge in [0.15, 0.2) is 0 Å². The number of carbonyl (C=O) groups excluding carboxylic acids is 4. The Morgan fingerprint density at radius 2 is 0.895 bits per heavy atom. The number of Topliss-reactive ketones (excluding diaryl/α,β-unsaturated/α-hetero) is 2. The SMILES string of the molecule is CC(C)OC(=O)c1ccc(OC2=C(Oc3ccc(C(=O)OC(C)C)cc3)C(=O)c3ccccc3C2=O)cc1. The predicted octanol–water partition coefficient (Wildman–Crippen LogP) is 5.57. The molecule has 38 heavy (non-hydrogen) atoms. The molecule has 1 aliphatic carbocycles. The first-order valence-electron chi connectivity index (χ1n) is 12.0. The number of ketones is 2. The molecule has 0 saturated carbocycles. The fourth-order valence-electron chi connectivity index (χ4n) is 3.63. The van der Waals surface area contributed by atoms with Gasteiger partial charge in [-0.15, -0.1) is 0 Å². The first kappa shape index (κ1) is 26.3. The molecule has 3 aromatic rings. The van der Waals surface area contributed by atoms with Gasteiger partial charge in [0.05, 0.1) is 23.3 Å². The summed E-state index contributed by atoms with van der Waals surface area (Å²) < 4.78 is 22.1. The topological polar surface area (TPSA) is 105 Å². The molecule has 0 atom stereocenters. The van der Waals surface area contributed by atoms with E-state index in [-0.39, 0.29) is 46.4 Å². The van der Waals surface area contributed by atoms with Crippen LogP contribution in [0.2, 0.25) is 0 Å². The highest BCUT2D eigenvalue weighted by Crippen LogP contribution is 2.30. The molecule has 0 N–H and O–H groups in total. The normalized spacial score (nSPS) is 12.9. The van der Waals surface area contributed by atoms with Crippen LogP contribution in [-0.4, -0.2) is 35.7 Å². The highest BCUT2D eigenvalue weighted by Gasteiger charge is 2.36. The summed E-state index contributed by atoms with van der Waals surface area (Å²) in [5, 5.41) is 0. The van der Waals surface area contributed by atoms with Crippen LogP contribution in [0.4, 0.5) is 0 Å². The molecule has 0 fully saturated rings. The van der Waals surface area contributed by atoms with Crippen molar-refractivity contribution in [3.05, 3.63) is 107 Å². The number of hydrogen-bond donors (Lipinski definition) is 0. The number of hydrogen-bond acceptors (Lipinski definition) is 8. The Labute approximate surface area is 219 Å². The minimum atomic E-state index is -0.532. The van der Waals surface area contributed by atoms with Gasteiger partial charge in [-0.2, -0.15) is 0 Å². The summed E-state index contributed by atoms with van der Waals surface area (Å²) in [6, 6.07) is 18.4. The standard InChI is InChI=1S/C30H26O8/c1-17(2)35-29(33)19-9-13-21(14-10-19)37-27-25(31)23-7-5-6-8-24(23)26(32)28(27)38-22-15-11-20(12-16-22)30(34)36-18(3)4/h5-18H,1-4H3. The van der Waals surface area contributed by atoms with E-state index in [4.69, 9.17) is 18.9 Å². The van der Waals surface area contributed by atoms with Crippen LogP contribution in [0.5, 0.6) is 11.5 Å². The number of benzene rings is 3. The number of carbonyl (C=O) groups is 4. The summed E-state index contributed by atoms with van der Waals surface area (Å²) >= 11 is 0. The Balaban J connectivity index is 1.65. The summed E-state index contributed by atoms with van der Waals surface area (Å²) in [7, 11) is 0. The van der Waals surface area contributed by atoms with Gasteiger partial charge in [0.2, 0.25) is 23.1 Å². The zero-order chi connectivity index (χ0) is 27.4. The lowest BCUT2D eigenvalue weighted by Crippen LogP contribution is -2.27. The van der Waals surface area contributed by atoms with Gasteiger partial charge >= 0.3 is 11.9 Å². The fourth-order valence-corrected chi connectivity index (χ4v) is 3.63. The average molecular weight is 515 g/mol. The summed E-state index contributed by atoms with van der Waals surface area (Å²) in [6.07, 6.45) is -0.548. The first-order valence-corrected chi connectivity index (χ1v) is 12.0. The minimum absolute atomic E-state index is 0.184. The average Bonchev–Trinajstić information content (AvgIpc) is 2.89. The first-order chi connectivity index (χ1) is 18.1. The van der Waals surface area contributed by atoms with E-state index in [1.54, 1.807) is 39.8 Å². The third-order valence-corrected chi connectivity index (χ3v) is 5.34. The minimum Gasteiger partial charge on any atom is -0.459 e. The Bertz CT molecular complexity index is 1300. The molecule has 3 aromatic carbocycles. The third-order valence-electron chi connectivity index (χ3n) is 5.34. The predicted molar refractivity (Wildman–Crippen MR) is 137 cm³/mol. The van der Waals surface area contributed by atoms with Crippen LogP contribution in [-0.2, 0) is 9.47 Å². The van der Waals surface area contributed by atoms with E-state index < -0.39 is 23.5 Å². The molecule has 0 spiro atoms. The van der Waals surface area contributed by atoms with Gasteiger partial charge in [-0.3, -0.25) is 9.59 Å². The van der Waals surface area contributed by atoms with Crippen molar-refractivity contribution in [1.82, 2.24) is 0 Å². The van der Waals surface area contributed by atoms with Crippen LogP contribution in [0.3, 0.4) is 0 Å². The van der Waals surface area contributed by atoms with E-state index in [1.807, 2.05) is 0 Å². The number of esters is 2. The van der Waals surface area contributed by atoms with Gasteiger partial charge in [-0.25, -0.2) is 9.59 Å². The van der Waals surface area contributed by atoms with Crippen molar-refractivity contribution in [3.8, 4) is 11.5 Å². The van der Waals surface area contributed by atoms with Crippen LogP contribution in [0, 0.1) is 0 Å². The molecule has 0 amide bonds. The number of fused-ring (bicyclic) bond motifs is 1. The van der Waals surface area contributed by atoms with Crippen molar-refractivity contribution in [2.24, 2.45) is 0 Å². The van der Waals surface area contributed by atoms with Crippen LogP contribution in [0.1, 0.15) is 69.1 Å². The zero-order valence-electron chi connectivity index (χ0n) is 21.3. The molecule has 0 radical (unpaired) electrons. The van der Waals surface area contributed by atoms with E-state index in [0.29, 0.717) is 11.1 Å². The molecule has 0 unspecified atom stereocenters. The van der Waals surface area contributed by atoms with Crippen molar-refractivity contribution in [1.29, 1.82) is 0 Å². The smallest absolute Gasteiger partial charge is 0.338 e. The Hall–Kier alpha value is -4.72. The Kier molecular flexibility index (Phi) is 7.71. The maximum atomic E-state index is 13.4. The van der Waals surface area contributed by atoms with Gasteiger partial charge in [0, 0.05) is 11.1 Å². The van der Waals surface area contributed by atoms with Gasteiger partial charge in [-0.1, -0.05) is 24.3 Å². The Morgan fingerprint density at radius 1 is 0.553 bits per heavy atom. The van der Waals surface area contributed by atoms with Gasteiger partial charge in [0.1, 0.15) is 11.5 Å². The van der Waals surface area contributed by atoms with Crippen molar-refractivity contribution in [2.75, 3.05) is 0 Å². The molecule has 4 rings (SSSR count). The number of rotatable bonds is 8. The monoisotopic (exact) mass is 514 g/mol. The van der Waals surface area contributed by atoms with Crippen LogP contribution < -0.4 is 9.47 Å². The lowest BCUT2D eigenvalue weighted by atomic mass is 9.92. The molecule has 0 aliphatic heterocycles. The van der Waals surface area contributed by atoms with Crippen molar-refractivity contribution in [2.45, 2.75) is 39.9 Å². The van der Waals surface area contributed by atoms with E-state index in [1.165, 1.54) is 60.7 Å². The van der Waals surface area contributed by atoms with E-state index in [2.05, 4.69) is 0 Å². The van der Waals surface area contributed by atoms with Crippen LogP contribution in [0.15, 0.2) is 84.3 Å². The lowest BCUT2D eigenvalue weighted by molar-refractivity contribution is 0.0367. The van der Waals surface area contributed by atoms with E-state index >= 15 is 0 Å². The van der Waals surface area contributed by atoms with Gasteiger partial charge in [-0.05, 0) is 76.2 Å². The summed E-state index contributed by atoms with van der Waals surface area (Å²) in [5.41, 5.74) is 0.987. The van der Waals surface area contributed by atoms with Gasteiger partial charge < -0.3 is 18.9 Å². The fraction of sp³-hybridized carbons (Fsp3) is 0.200. The number of allylic oxidation sites excluding steroid dienone is 2. The second kappa shape index (κ2) is 11.1. The molecular weight excluding hydrogens is 488 g/mol. The zero-order valence-corrected chi connectivity index (χ0v) is 21.3. The second-order valence-corrected chi connectivity index (χ2v) is 9.02. The summed E-state index contributed by atoms with van der Waals surface area (Å²) in [6.45, 7) is 6.99. The summed E-state index contributed by atoms with van der Waals surface area (Å²) in [5.74, 6) is -2.21. The molecule has 1 aliphatic rings. The number of ether oxygens (including phenoxy) is 4. The van der Waals surface area contributed by atoms with Gasteiger partial charge in [0.25, 0.3) is 0 Å². The van der Waals surface area contributed by atoms with E-state index in [9.17, 15) is 19.2 Å². The second-order valence-electron chi connectivity index (χ2n) is 9.02. The molecule has 0 aromatic heterocycles. The largest absolute Gasteiger partial charge is 0.459 e. The van der Waals surface area contributed by atoms with Crippen LogP contribution in [0.25, 0.3) is 0 Å². The quantitative estimate of drug-likeness (QED) is 0.360. The highest BCUT2D eigenvalue weighted by atomic mass is 16.5. The van der Waals surface area contributed by atoms with Crippen molar-refractivity contribution >= 4 is 23.5 Å². The van der Waals surface area contributed by atoms with Crippen molar-refractivity contribution < 1.29 is 38.1 Å². The molecule has 0 heterocycles. The molecular formula is C30H26O8. The summed E-state index contributed by atoms with van der Waals surface area (Å²) in [4.78, 5) is 51.0. The molecule has 8 heteroatoms. The van der Waals surface area contributed by atoms with E-state index in [0.717, 1.165) is 0 Å². The molecule has 8 nitrogen and oxygen atoms in total.